The molecule has 90 valence electrons. The lowest BCUT2D eigenvalue weighted by atomic mass is 10.1. The zero-order chi connectivity index (χ0) is 11.8. The topological polar surface area (TPSA) is 41.1 Å². The molecule has 0 saturated carbocycles. The Kier molecular flexibility index (Phi) is 7.88. The third-order valence-corrected chi connectivity index (χ3v) is 3.25. The molecular weight excluding hydrogens is 208 g/mol. The molecule has 3 nitrogen and oxygen atoms in total. The Bertz CT molecular complexity index is 185. The molecule has 0 heterocycles. The summed E-state index contributed by atoms with van der Waals surface area (Å²) < 4.78 is 0. The molecule has 15 heavy (non-hydrogen) atoms. The van der Waals surface area contributed by atoms with Gasteiger partial charge < -0.3 is 10.6 Å². The van der Waals surface area contributed by atoms with E-state index in [1.54, 1.807) is 11.8 Å². The second-order valence-electron chi connectivity index (χ2n) is 4.34. The van der Waals surface area contributed by atoms with Gasteiger partial charge in [-0.3, -0.25) is 4.79 Å². The first-order chi connectivity index (χ1) is 6.97. The largest absolute Gasteiger partial charge is 0.352 e. The monoisotopic (exact) mass is 232 g/mol. The van der Waals surface area contributed by atoms with E-state index in [2.05, 4.69) is 37.7 Å². The van der Waals surface area contributed by atoms with Crippen LogP contribution in [0.5, 0.6) is 0 Å². The lowest BCUT2D eigenvalue weighted by Gasteiger charge is -2.18. The molecule has 0 aliphatic rings. The number of hydrogen-bond acceptors (Lipinski definition) is 3. The summed E-state index contributed by atoms with van der Waals surface area (Å²) in [5, 5.41) is 6.16. The molecule has 2 N–H and O–H groups in total. The molecule has 4 heteroatoms. The van der Waals surface area contributed by atoms with Crippen molar-refractivity contribution in [3.05, 3.63) is 0 Å². The molecule has 0 bridgehead atoms. The van der Waals surface area contributed by atoms with E-state index >= 15 is 0 Å². The van der Waals surface area contributed by atoms with E-state index in [1.165, 1.54) is 0 Å². The van der Waals surface area contributed by atoms with E-state index in [0.29, 0.717) is 18.5 Å². The van der Waals surface area contributed by atoms with E-state index in [-0.39, 0.29) is 11.9 Å². The summed E-state index contributed by atoms with van der Waals surface area (Å²) in [5.41, 5.74) is 0. The Morgan fingerprint density at radius 3 is 2.33 bits per heavy atom. The lowest BCUT2D eigenvalue weighted by Crippen LogP contribution is -2.43. The maximum Gasteiger partial charge on any atom is 0.234 e. The van der Waals surface area contributed by atoms with Gasteiger partial charge in [0.2, 0.25) is 5.91 Å². The smallest absolute Gasteiger partial charge is 0.234 e. The first-order valence-electron chi connectivity index (χ1n) is 5.49. The van der Waals surface area contributed by atoms with Crippen LogP contribution in [0.4, 0.5) is 0 Å². The Balaban J connectivity index is 3.66. The van der Waals surface area contributed by atoms with Gasteiger partial charge in [0.1, 0.15) is 0 Å². The zero-order valence-electron chi connectivity index (χ0n) is 10.5. The SMILES string of the molecule is CSCC(C)NCC(=O)NC(C)C(C)C. The minimum atomic E-state index is 0.0872. The molecule has 0 rings (SSSR count). The Labute approximate surface area is 97.8 Å². The predicted octanol–water partition coefficient (Wildman–Crippen LogP) is 1.49. The van der Waals surface area contributed by atoms with Crippen molar-refractivity contribution in [2.75, 3.05) is 18.6 Å². The third kappa shape index (κ3) is 7.68. The fraction of sp³-hybridized carbons (Fsp3) is 0.909. The summed E-state index contributed by atoms with van der Waals surface area (Å²) >= 11 is 1.79. The molecule has 0 radical (unpaired) electrons. The summed E-state index contributed by atoms with van der Waals surface area (Å²) in [6.45, 7) is 8.76. The molecule has 0 aliphatic carbocycles. The van der Waals surface area contributed by atoms with Crippen molar-refractivity contribution < 1.29 is 4.79 Å². The van der Waals surface area contributed by atoms with Crippen molar-refractivity contribution in [2.24, 2.45) is 5.92 Å². The van der Waals surface area contributed by atoms with Crippen LogP contribution in [0.2, 0.25) is 0 Å². The van der Waals surface area contributed by atoms with Crippen LogP contribution in [0.15, 0.2) is 0 Å². The van der Waals surface area contributed by atoms with Crippen molar-refractivity contribution in [3.63, 3.8) is 0 Å². The second kappa shape index (κ2) is 7.99. The molecule has 0 aliphatic heterocycles. The van der Waals surface area contributed by atoms with Crippen LogP contribution >= 0.6 is 11.8 Å². The molecule has 1 amide bonds. The molecule has 0 aromatic carbocycles. The number of nitrogens with one attached hydrogen (secondary N) is 2. The lowest BCUT2D eigenvalue weighted by molar-refractivity contribution is -0.121. The van der Waals surface area contributed by atoms with Crippen molar-refractivity contribution in [1.29, 1.82) is 0 Å². The van der Waals surface area contributed by atoms with Gasteiger partial charge in [0.05, 0.1) is 6.54 Å². The number of hydrogen-bond donors (Lipinski definition) is 2. The van der Waals surface area contributed by atoms with Gasteiger partial charge in [0.15, 0.2) is 0 Å². The molecule has 0 saturated heterocycles. The Hall–Kier alpha value is -0.220. The molecule has 2 atom stereocenters. The van der Waals surface area contributed by atoms with Crippen LogP contribution in [0, 0.1) is 5.92 Å². The predicted molar refractivity (Wildman–Crippen MR) is 68.3 cm³/mol. The highest BCUT2D eigenvalue weighted by atomic mass is 32.2. The first kappa shape index (κ1) is 14.8. The number of thioether (sulfide) groups is 1. The average Bonchev–Trinajstić information content (AvgIpc) is 2.15. The Morgan fingerprint density at radius 2 is 1.87 bits per heavy atom. The van der Waals surface area contributed by atoms with Gasteiger partial charge in [0.25, 0.3) is 0 Å². The van der Waals surface area contributed by atoms with E-state index in [4.69, 9.17) is 0 Å². The van der Waals surface area contributed by atoms with Crippen LogP contribution in [-0.4, -0.2) is 36.5 Å². The minimum Gasteiger partial charge on any atom is -0.352 e. The normalized spacial score (nSPS) is 15.1. The van der Waals surface area contributed by atoms with Crippen molar-refractivity contribution in [2.45, 2.75) is 39.8 Å². The summed E-state index contributed by atoms with van der Waals surface area (Å²) in [5.74, 6) is 1.61. The van der Waals surface area contributed by atoms with E-state index in [0.717, 1.165) is 5.75 Å². The van der Waals surface area contributed by atoms with Gasteiger partial charge in [-0.05, 0) is 26.0 Å². The van der Waals surface area contributed by atoms with Crippen LogP contribution in [-0.2, 0) is 4.79 Å². The fourth-order valence-electron chi connectivity index (χ4n) is 1.05. The standard InChI is InChI=1S/C11H24N2OS/c1-8(2)10(4)13-11(14)6-12-9(3)7-15-5/h8-10,12H,6-7H2,1-5H3,(H,13,14). The zero-order valence-corrected chi connectivity index (χ0v) is 11.3. The first-order valence-corrected chi connectivity index (χ1v) is 6.88. The van der Waals surface area contributed by atoms with Crippen LogP contribution in [0.3, 0.4) is 0 Å². The van der Waals surface area contributed by atoms with Crippen molar-refractivity contribution >= 4 is 17.7 Å². The van der Waals surface area contributed by atoms with E-state index in [9.17, 15) is 4.79 Å². The van der Waals surface area contributed by atoms with Crippen LogP contribution < -0.4 is 10.6 Å². The minimum absolute atomic E-state index is 0.0872. The van der Waals surface area contributed by atoms with Crippen LogP contribution in [0.1, 0.15) is 27.7 Å². The van der Waals surface area contributed by atoms with Gasteiger partial charge in [-0.15, -0.1) is 0 Å². The number of carbonyl (C=O) groups excluding carboxylic acids is 1. The average molecular weight is 232 g/mol. The molecule has 0 aromatic heterocycles. The van der Waals surface area contributed by atoms with Gasteiger partial charge >= 0.3 is 0 Å². The number of carbonyl (C=O) groups is 1. The van der Waals surface area contributed by atoms with Crippen LogP contribution in [0.25, 0.3) is 0 Å². The highest BCUT2D eigenvalue weighted by Crippen LogP contribution is 1.99. The summed E-state index contributed by atoms with van der Waals surface area (Å²) in [7, 11) is 0. The van der Waals surface area contributed by atoms with Crippen molar-refractivity contribution in [3.8, 4) is 0 Å². The second-order valence-corrected chi connectivity index (χ2v) is 5.25. The molecule has 0 spiro atoms. The third-order valence-electron chi connectivity index (χ3n) is 2.42. The summed E-state index contributed by atoms with van der Waals surface area (Å²) in [6.07, 6.45) is 2.07. The van der Waals surface area contributed by atoms with Gasteiger partial charge in [-0.25, -0.2) is 0 Å². The number of rotatable bonds is 7. The van der Waals surface area contributed by atoms with Gasteiger partial charge in [-0.2, -0.15) is 11.8 Å². The maximum absolute atomic E-state index is 11.5. The molecule has 0 aromatic rings. The van der Waals surface area contributed by atoms with Gasteiger partial charge in [-0.1, -0.05) is 13.8 Å². The maximum atomic E-state index is 11.5. The highest BCUT2D eigenvalue weighted by molar-refractivity contribution is 7.98. The summed E-state index contributed by atoms with van der Waals surface area (Å²) in [4.78, 5) is 11.5. The molecule has 0 fully saturated rings. The van der Waals surface area contributed by atoms with Gasteiger partial charge in [0, 0.05) is 17.8 Å². The Morgan fingerprint density at radius 1 is 1.27 bits per heavy atom. The number of amides is 1. The van der Waals surface area contributed by atoms with E-state index in [1.807, 2.05) is 6.92 Å². The summed E-state index contributed by atoms with van der Waals surface area (Å²) in [6, 6.07) is 0.635. The molecular formula is C11H24N2OS. The van der Waals surface area contributed by atoms with E-state index < -0.39 is 0 Å². The fourth-order valence-corrected chi connectivity index (χ4v) is 1.67. The molecule has 2 unspecified atom stereocenters. The highest BCUT2D eigenvalue weighted by Gasteiger charge is 2.11. The van der Waals surface area contributed by atoms with Crippen molar-refractivity contribution in [1.82, 2.24) is 10.6 Å². The quantitative estimate of drug-likeness (QED) is 0.699.